The highest BCUT2D eigenvalue weighted by Gasteiger charge is 2.17. The Labute approximate surface area is 244 Å². The van der Waals surface area contributed by atoms with Crippen molar-refractivity contribution in [2.24, 2.45) is 0 Å². The molecule has 0 aliphatic rings. The molecule has 0 saturated carbocycles. The molecule has 0 unspecified atom stereocenters. The third kappa shape index (κ3) is 13.0. The second-order valence-corrected chi connectivity index (χ2v) is 13.0. The van der Waals surface area contributed by atoms with Gasteiger partial charge in [0.15, 0.2) is 0 Å². The fourth-order valence-electron chi connectivity index (χ4n) is 4.70. The van der Waals surface area contributed by atoms with Crippen molar-refractivity contribution < 1.29 is 0 Å². The van der Waals surface area contributed by atoms with E-state index in [0.29, 0.717) is 0 Å². The topological polar surface area (TPSA) is 0 Å². The predicted molar refractivity (Wildman–Crippen MR) is 175 cm³/mol. The van der Waals surface area contributed by atoms with E-state index in [2.05, 4.69) is 63.5 Å². The maximum atomic E-state index is 3.62. The average molecular weight is 551 g/mol. The Balaban J connectivity index is 2.30. The number of rotatable bonds is 19. The van der Waals surface area contributed by atoms with E-state index >= 15 is 0 Å². The van der Waals surface area contributed by atoms with Crippen molar-refractivity contribution in [2.75, 3.05) is 0 Å². The molecule has 0 aromatic carbocycles. The maximum absolute atomic E-state index is 3.62. The van der Waals surface area contributed by atoms with E-state index in [4.69, 9.17) is 0 Å². The highest BCUT2D eigenvalue weighted by atomic mass is 32.1. The Morgan fingerprint density at radius 3 is 1.21 bits per heavy atom. The molecule has 0 N–H and O–H groups in total. The first kappa shape index (κ1) is 32.7. The molecule has 0 aliphatic heterocycles. The van der Waals surface area contributed by atoms with Gasteiger partial charge < -0.3 is 0 Å². The number of hydrogen-bond donors (Lipinski definition) is 0. The summed E-state index contributed by atoms with van der Waals surface area (Å²) in [6, 6.07) is 4.82. The molecular weight excluding hydrogens is 497 g/mol. The van der Waals surface area contributed by atoms with E-state index in [0.717, 1.165) is 12.8 Å². The first-order valence-corrected chi connectivity index (χ1v) is 17.6. The zero-order valence-corrected chi connectivity index (χ0v) is 26.7. The Kier molecular flexibility index (Phi) is 18.4. The van der Waals surface area contributed by atoms with Gasteiger partial charge in [0.25, 0.3) is 0 Å². The van der Waals surface area contributed by atoms with Gasteiger partial charge in [-0.1, -0.05) is 128 Å². The van der Waals surface area contributed by atoms with Crippen molar-refractivity contribution in [3.63, 3.8) is 0 Å². The summed E-state index contributed by atoms with van der Waals surface area (Å²) in [5.74, 6) is 14.3. The monoisotopic (exact) mass is 550 g/mol. The van der Waals surface area contributed by atoms with Crippen LogP contribution in [0.3, 0.4) is 0 Å². The first-order valence-electron chi connectivity index (χ1n) is 16.0. The Bertz CT molecular complexity index is 916. The summed E-state index contributed by atoms with van der Waals surface area (Å²) in [4.78, 5) is 5.78. The minimum absolute atomic E-state index is 1.01. The number of aryl methyl sites for hydroxylation is 2. The lowest BCUT2D eigenvalue weighted by Crippen LogP contribution is -1.81. The molecule has 2 rings (SSSR count). The largest absolute Gasteiger partial charge is 0.138 e. The second-order valence-electron chi connectivity index (χ2n) is 10.8. The van der Waals surface area contributed by atoms with E-state index in [1.165, 1.54) is 146 Å². The minimum atomic E-state index is 1.01. The van der Waals surface area contributed by atoms with Crippen LogP contribution in [0.25, 0.3) is 9.75 Å². The predicted octanol–water partition coefficient (Wildman–Crippen LogP) is 12.4. The first-order chi connectivity index (χ1) is 18.7. The van der Waals surface area contributed by atoms with Gasteiger partial charge in [0.2, 0.25) is 0 Å². The van der Waals surface area contributed by atoms with Crippen LogP contribution in [0.15, 0.2) is 12.1 Å². The Morgan fingerprint density at radius 1 is 0.474 bits per heavy atom. The van der Waals surface area contributed by atoms with Gasteiger partial charge in [-0.15, -0.1) is 22.7 Å². The van der Waals surface area contributed by atoms with E-state index in [1.807, 2.05) is 22.7 Å². The number of unbranched alkanes of at least 4 members (excludes halogenated alkanes) is 14. The van der Waals surface area contributed by atoms with Crippen molar-refractivity contribution in [3.8, 4) is 33.4 Å². The van der Waals surface area contributed by atoms with Crippen LogP contribution in [0.4, 0.5) is 0 Å². The van der Waals surface area contributed by atoms with Crippen molar-refractivity contribution >= 4 is 22.7 Å². The molecule has 2 heteroatoms. The summed E-state index contributed by atoms with van der Waals surface area (Å²) >= 11 is 3.98. The van der Waals surface area contributed by atoms with E-state index in [9.17, 15) is 0 Å². The highest BCUT2D eigenvalue weighted by molar-refractivity contribution is 7.22. The summed E-state index contributed by atoms with van der Waals surface area (Å²) in [6.45, 7) is 9.13. The molecule has 0 radical (unpaired) electrons. The van der Waals surface area contributed by atoms with Crippen molar-refractivity contribution in [2.45, 2.75) is 156 Å². The normalized spacial score (nSPS) is 10.7. The maximum Gasteiger partial charge on any atom is 0.0614 e. The Hall–Kier alpha value is -1.48. The molecule has 0 saturated heterocycles. The van der Waals surface area contributed by atoms with Crippen molar-refractivity contribution in [1.82, 2.24) is 0 Å². The van der Waals surface area contributed by atoms with Gasteiger partial charge in [-0.2, -0.15) is 0 Å². The van der Waals surface area contributed by atoms with Gasteiger partial charge in [-0.3, -0.25) is 0 Å². The van der Waals surface area contributed by atoms with Crippen molar-refractivity contribution in [3.05, 3.63) is 33.0 Å². The quantitative estimate of drug-likeness (QED) is 0.120. The SMILES string of the molecule is CCCCCCC#Cc1cc(CCCCCC)sc1-c1sc(CCCCCC)cc1C#CCCCCCC. The van der Waals surface area contributed by atoms with Crippen LogP contribution in [0, 0.1) is 23.7 Å². The Morgan fingerprint density at radius 2 is 0.842 bits per heavy atom. The van der Waals surface area contributed by atoms with Crippen molar-refractivity contribution in [1.29, 1.82) is 0 Å². The molecule has 210 valence electrons. The van der Waals surface area contributed by atoms with Gasteiger partial charge in [0.1, 0.15) is 0 Å². The highest BCUT2D eigenvalue weighted by Crippen LogP contribution is 2.40. The summed E-state index contributed by atoms with van der Waals surface area (Å²) in [5.41, 5.74) is 2.50. The molecule has 0 amide bonds. The summed E-state index contributed by atoms with van der Waals surface area (Å²) in [5, 5.41) is 0. The lowest BCUT2D eigenvalue weighted by molar-refractivity contribution is 0.670. The summed E-state index contributed by atoms with van der Waals surface area (Å²) < 4.78 is 0. The van der Waals surface area contributed by atoms with E-state index in [1.54, 1.807) is 0 Å². The molecule has 38 heavy (non-hydrogen) atoms. The van der Waals surface area contributed by atoms with Crippen LogP contribution < -0.4 is 0 Å². The summed E-state index contributed by atoms with van der Waals surface area (Å²) in [7, 11) is 0. The lowest BCUT2D eigenvalue weighted by atomic mass is 10.1. The fourth-order valence-corrected chi connectivity index (χ4v) is 7.17. The molecular formula is C36H54S2. The van der Waals surface area contributed by atoms with Crippen LogP contribution >= 0.6 is 22.7 Å². The van der Waals surface area contributed by atoms with Crippen LogP contribution in [0.5, 0.6) is 0 Å². The second kappa shape index (κ2) is 21.4. The molecule has 0 atom stereocenters. The van der Waals surface area contributed by atoms with Crippen LogP contribution in [-0.2, 0) is 12.8 Å². The fraction of sp³-hybridized carbons (Fsp3) is 0.667. The molecule has 0 aliphatic carbocycles. The molecule has 0 bridgehead atoms. The smallest absolute Gasteiger partial charge is 0.0614 e. The zero-order valence-electron chi connectivity index (χ0n) is 25.1. The molecule has 0 spiro atoms. The lowest BCUT2D eigenvalue weighted by Gasteiger charge is -1.98. The molecule has 2 aromatic rings. The molecule has 2 heterocycles. The van der Waals surface area contributed by atoms with Crippen LogP contribution in [-0.4, -0.2) is 0 Å². The molecule has 0 nitrogen and oxygen atoms in total. The third-order valence-electron chi connectivity index (χ3n) is 7.08. The van der Waals surface area contributed by atoms with Gasteiger partial charge in [-0.05, 0) is 50.7 Å². The number of thiophene rings is 2. The molecule has 0 fully saturated rings. The molecule has 2 aromatic heterocycles. The number of hydrogen-bond acceptors (Lipinski definition) is 2. The van der Waals surface area contributed by atoms with E-state index in [-0.39, 0.29) is 0 Å². The van der Waals surface area contributed by atoms with Crippen LogP contribution in [0.2, 0.25) is 0 Å². The van der Waals surface area contributed by atoms with E-state index < -0.39 is 0 Å². The van der Waals surface area contributed by atoms with Gasteiger partial charge in [0, 0.05) is 33.7 Å². The standard InChI is InChI=1S/C36H54S2/c1-5-9-13-17-19-21-25-31-29-33(27-23-15-11-7-3)37-35(31)36-32(26-22-20-18-14-10-6-2)30-34(38-36)28-24-16-12-8-4/h29-30H,5-20,23-24,27-28H2,1-4H3. The third-order valence-corrected chi connectivity index (χ3v) is 9.64. The summed E-state index contributed by atoms with van der Waals surface area (Å²) in [6.07, 6.45) is 25.2. The average Bonchev–Trinajstić information content (AvgIpc) is 3.52. The zero-order chi connectivity index (χ0) is 27.3. The van der Waals surface area contributed by atoms with Gasteiger partial charge in [0.05, 0.1) is 9.75 Å². The van der Waals surface area contributed by atoms with Gasteiger partial charge >= 0.3 is 0 Å². The minimum Gasteiger partial charge on any atom is -0.138 e. The van der Waals surface area contributed by atoms with Gasteiger partial charge in [-0.25, -0.2) is 0 Å². The van der Waals surface area contributed by atoms with Crippen LogP contribution in [0.1, 0.15) is 164 Å².